The zero-order valence-corrected chi connectivity index (χ0v) is 20.5. The van der Waals surface area contributed by atoms with Gasteiger partial charge in [-0.25, -0.2) is 0 Å². The van der Waals surface area contributed by atoms with Crippen LogP contribution in [0.3, 0.4) is 0 Å². The van der Waals surface area contributed by atoms with Crippen molar-refractivity contribution < 1.29 is 9.59 Å². The highest BCUT2D eigenvalue weighted by Gasteiger charge is 2.49. The second-order valence-electron chi connectivity index (χ2n) is 11.7. The molecular weight excluding hydrogens is 410 g/mol. The van der Waals surface area contributed by atoms with Crippen molar-refractivity contribution in [3.63, 3.8) is 0 Å². The van der Waals surface area contributed by atoms with Gasteiger partial charge in [-0.15, -0.1) is 0 Å². The van der Waals surface area contributed by atoms with Gasteiger partial charge in [-0.2, -0.15) is 5.10 Å². The molecule has 0 radical (unpaired) electrons. The third-order valence-corrected chi connectivity index (χ3v) is 7.26. The van der Waals surface area contributed by atoms with E-state index in [0.29, 0.717) is 12.8 Å². The summed E-state index contributed by atoms with van der Waals surface area (Å²) in [4.78, 5) is 29.7. The van der Waals surface area contributed by atoms with Crippen molar-refractivity contribution in [1.29, 1.82) is 0 Å². The number of nitrogens with zero attached hydrogens (tertiary/aromatic N) is 3. The maximum Gasteiger partial charge on any atom is 0.162 e. The highest BCUT2D eigenvalue weighted by molar-refractivity contribution is 6.08. The Morgan fingerprint density at radius 1 is 0.848 bits per heavy atom. The Bertz CT molecular complexity index is 1170. The molecule has 0 saturated carbocycles. The van der Waals surface area contributed by atoms with E-state index < -0.39 is 0 Å². The number of benzene rings is 1. The number of ketones is 2. The van der Waals surface area contributed by atoms with Crippen molar-refractivity contribution >= 4 is 17.3 Å². The van der Waals surface area contributed by atoms with E-state index in [1.165, 1.54) is 5.56 Å². The van der Waals surface area contributed by atoms with Crippen molar-refractivity contribution in [3.8, 4) is 0 Å². The molecule has 0 fully saturated rings. The Balaban J connectivity index is 1.82. The van der Waals surface area contributed by atoms with Crippen LogP contribution in [0.4, 0.5) is 5.69 Å². The van der Waals surface area contributed by atoms with E-state index in [4.69, 9.17) is 0 Å². The number of aryl methyl sites for hydroxylation is 2. The zero-order chi connectivity index (χ0) is 23.7. The Morgan fingerprint density at radius 3 is 1.82 bits per heavy atom. The van der Waals surface area contributed by atoms with E-state index >= 15 is 0 Å². The molecule has 5 rings (SSSR count). The quantitative estimate of drug-likeness (QED) is 0.605. The van der Waals surface area contributed by atoms with Crippen molar-refractivity contribution in [3.05, 3.63) is 70.3 Å². The molecule has 0 amide bonds. The summed E-state index contributed by atoms with van der Waals surface area (Å²) in [5.41, 5.74) is 6.56. The van der Waals surface area contributed by atoms with E-state index in [9.17, 15) is 9.59 Å². The lowest BCUT2D eigenvalue weighted by Gasteiger charge is -2.48. The predicted molar refractivity (Wildman–Crippen MR) is 130 cm³/mol. The summed E-state index contributed by atoms with van der Waals surface area (Å²) < 4.78 is 1.76. The fraction of sp³-hybridized carbons (Fsp3) is 0.464. The third kappa shape index (κ3) is 3.68. The molecule has 0 atom stereocenters. The summed E-state index contributed by atoms with van der Waals surface area (Å²) in [6, 6.07) is 8.45. The van der Waals surface area contributed by atoms with Gasteiger partial charge in [0.25, 0.3) is 0 Å². The number of hydrogen-bond acceptors (Lipinski definition) is 4. The first-order valence-electron chi connectivity index (χ1n) is 11.8. The van der Waals surface area contributed by atoms with Gasteiger partial charge in [0.15, 0.2) is 11.6 Å². The number of rotatable bonds is 2. The van der Waals surface area contributed by atoms with E-state index in [2.05, 4.69) is 68.9 Å². The normalized spacial score (nSPS) is 22.5. The standard InChI is InChI=1S/C28H33N3O2/c1-17-7-9-19(10-8-17)31-20-11-27(2,3)13-22(32)25(20)24(18-15-29-30(6)16-18)26-21(31)12-28(4,5)14-23(26)33/h7-10,15-16,24H,11-14H2,1-6H3. The molecule has 33 heavy (non-hydrogen) atoms. The van der Waals surface area contributed by atoms with Gasteiger partial charge in [0.2, 0.25) is 0 Å². The second-order valence-corrected chi connectivity index (χ2v) is 11.7. The van der Waals surface area contributed by atoms with Crippen LogP contribution >= 0.6 is 0 Å². The first-order valence-corrected chi connectivity index (χ1v) is 11.8. The lowest BCUT2D eigenvalue weighted by atomic mass is 9.64. The van der Waals surface area contributed by atoms with Crippen molar-refractivity contribution in [1.82, 2.24) is 9.78 Å². The molecule has 5 nitrogen and oxygen atoms in total. The zero-order valence-electron chi connectivity index (χ0n) is 20.5. The summed E-state index contributed by atoms with van der Waals surface area (Å²) in [5.74, 6) is -0.0367. The molecule has 2 aromatic rings. The van der Waals surface area contributed by atoms with Gasteiger partial charge in [0.05, 0.1) is 6.20 Å². The molecule has 5 heteroatoms. The monoisotopic (exact) mass is 443 g/mol. The minimum atomic E-state index is -0.336. The number of carbonyl (C=O) groups excluding carboxylic acids is 2. The molecule has 2 heterocycles. The first-order chi connectivity index (χ1) is 15.5. The van der Waals surface area contributed by atoms with Crippen LogP contribution in [0.25, 0.3) is 0 Å². The molecule has 3 aliphatic rings. The average molecular weight is 444 g/mol. The Hall–Kier alpha value is -2.95. The number of carbonyl (C=O) groups is 2. The van der Waals surface area contributed by atoms with E-state index in [-0.39, 0.29) is 28.3 Å². The summed E-state index contributed by atoms with van der Waals surface area (Å²) in [6.45, 7) is 10.7. The van der Waals surface area contributed by atoms with Crippen LogP contribution in [0.2, 0.25) is 0 Å². The summed E-state index contributed by atoms with van der Waals surface area (Å²) in [5, 5.41) is 4.40. The smallest absolute Gasteiger partial charge is 0.162 e. The van der Waals surface area contributed by atoms with Gasteiger partial charge in [-0.1, -0.05) is 45.4 Å². The molecule has 1 aromatic heterocycles. The van der Waals surface area contributed by atoms with Gasteiger partial charge >= 0.3 is 0 Å². The van der Waals surface area contributed by atoms with Gasteiger partial charge in [-0.05, 0) is 42.7 Å². The lowest BCUT2D eigenvalue weighted by Crippen LogP contribution is -2.44. The van der Waals surface area contributed by atoms with Crippen LogP contribution in [-0.2, 0) is 16.6 Å². The lowest BCUT2D eigenvalue weighted by molar-refractivity contribution is -0.119. The molecule has 0 unspecified atom stereocenters. The van der Waals surface area contributed by atoms with Crippen molar-refractivity contribution in [2.24, 2.45) is 17.9 Å². The number of hydrogen-bond donors (Lipinski definition) is 0. The number of allylic oxidation sites excluding steroid dienone is 4. The summed E-state index contributed by atoms with van der Waals surface area (Å²) in [6.07, 6.45) is 6.36. The van der Waals surface area contributed by atoms with Crippen molar-refractivity contribution in [2.75, 3.05) is 4.90 Å². The number of anilines is 1. The highest BCUT2D eigenvalue weighted by Crippen LogP contribution is 2.55. The molecule has 172 valence electrons. The topological polar surface area (TPSA) is 55.2 Å². The maximum absolute atomic E-state index is 13.7. The Morgan fingerprint density at radius 2 is 1.36 bits per heavy atom. The largest absolute Gasteiger partial charge is 0.317 e. The molecule has 0 bridgehead atoms. The highest BCUT2D eigenvalue weighted by atomic mass is 16.1. The van der Waals surface area contributed by atoms with Crippen LogP contribution in [-0.4, -0.2) is 21.3 Å². The van der Waals surface area contributed by atoms with E-state index in [0.717, 1.165) is 46.6 Å². The molecule has 1 aliphatic heterocycles. The van der Waals surface area contributed by atoms with Crippen LogP contribution in [0.1, 0.15) is 70.4 Å². The second kappa shape index (κ2) is 7.28. The minimum absolute atomic E-state index is 0.134. The fourth-order valence-electron chi connectivity index (χ4n) is 5.89. The van der Waals surface area contributed by atoms with Crippen LogP contribution in [0.15, 0.2) is 59.2 Å². The minimum Gasteiger partial charge on any atom is -0.317 e. The predicted octanol–water partition coefficient (Wildman–Crippen LogP) is 5.62. The first kappa shape index (κ1) is 21.9. The van der Waals surface area contributed by atoms with Gasteiger partial charge < -0.3 is 4.90 Å². The van der Waals surface area contributed by atoms with E-state index in [1.807, 2.05) is 19.4 Å². The van der Waals surface area contributed by atoms with E-state index in [1.54, 1.807) is 4.68 Å². The fourth-order valence-corrected chi connectivity index (χ4v) is 5.89. The Labute approximate surface area is 196 Å². The average Bonchev–Trinajstić information content (AvgIpc) is 3.11. The van der Waals surface area contributed by atoms with Gasteiger partial charge in [-0.3, -0.25) is 14.3 Å². The summed E-state index contributed by atoms with van der Waals surface area (Å²) in [7, 11) is 1.88. The summed E-state index contributed by atoms with van der Waals surface area (Å²) >= 11 is 0. The number of aromatic nitrogens is 2. The van der Waals surface area contributed by atoms with Crippen LogP contribution < -0.4 is 4.90 Å². The molecule has 2 aliphatic carbocycles. The van der Waals surface area contributed by atoms with Crippen molar-refractivity contribution in [2.45, 2.75) is 66.2 Å². The SMILES string of the molecule is Cc1ccc(N2C3=C(C(=O)CC(C)(C)C3)C(c3cnn(C)c3)C3=C2CC(C)(C)CC3=O)cc1. The molecule has 0 N–H and O–H groups in total. The molecule has 0 spiro atoms. The third-order valence-electron chi connectivity index (χ3n) is 7.26. The van der Waals surface area contributed by atoms with Crippen LogP contribution in [0.5, 0.6) is 0 Å². The molecular formula is C28H33N3O2. The maximum atomic E-state index is 13.7. The Kier molecular flexibility index (Phi) is 4.82. The van der Waals surface area contributed by atoms with Gasteiger partial charge in [0, 0.05) is 65.8 Å². The van der Waals surface area contributed by atoms with Gasteiger partial charge in [0.1, 0.15) is 0 Å². The number of Topliss-reactive ketones (excluding diaryl/α,β-unsaturated/α-hetero) is 2. The molecule has 0 saturated heterocycles. The molecule has 1 aromatic carbocycles. The van der Waals surface area contributed by atoms with Crippen LogP contribution in [0, 0.1) is 17.8 Å².